The molecular formula is C16H23N3O. The van der Waals surface area contributed by atoms with E-state index in [1.165, 1.54) is 0 Å². The number of hydrogen-bond donors (Lipinski definition) is 1. The average Bonchev–Trinajstić information content (AvgIpc) is 2.46. The zero-order valence-corrected chi connectivity index (χ0v) is 12.6. The number of nitrogen functional groups attached to an aromatic ring is 1. The van der Waals surface area contributed by atoms with Gasteiger partial charge in [0, 0.05) is 18.1 Å². The Hall–Kier alpha value is -2.23. The Morgan fingerprint density at radius 3 is 2.65 bits per heavy atom. The molecule has 4 heteroatoms. The van der Waals surface area contributed by atoms with Gasteiger partial charge in [0.15, 0.2) is 0 Å². The number of benzene rings is 1. The minimum Gasteiger partial charge on any atom is -0.457 e. The maximum absolute atomic E-state index is 5.81. The van der Waals surface area contributed by atoms with Crippen molar-refractivity contribution in [3.63, 3.8) is 0 Å². The first-order chi connectivity index (χ1) is 9.69. The van der Waals surface area contributed by atoms with Gasteiger partial charge in [-0.3, -0.25) is 5.01 Å². The quantitative estimate of drug-likeness (QED) is 0.675. The first-order valence-corrected chi connectivity index (χ1v) is 6.86. The average molecular weight is 273 g/mol. The summed E-state index contributed by atoms with van der Waals surface area (Å²) in [5, 5.41) is 6.00. The van der Waals surface area contributed by atoms with Crippen molar-refractivity contribution in [3.8, 4) is 5.75 Å². The van der Waals surface area contributed by atoms with Gasteiger partial charge in [-0.05, 0) is 49.8 Å². The molecule has 0 saturated carbocycles. The van der Waals surface area contributed by atoms with E-state index in [0.717, 1.165) is 22.8 Å². The van der Waals surface area contributed by atoms with Gasteiger partial charge in [0.25, 0.3) is 0 Å². The molecule has 0 saturated heterocycles. The van der Waals surface area contributed by atoms with Crippen molar-refractivity contribution in [2.75, 3.05) is 12.3 Å². The van der Waals surface area contributed by atoms with Gasteiger partial charge in [-0.1, -0.05) is 13.8 Å². The normalized spacial score (nSPS) is 13.8. The van der Waals surface area contributed by atoms with E-state index in [4.69, 9.17) is 10.5 Å². The van der Waals surface area contributed by atoms with E-state index in [9.17, 15) is 0 Å². The third kappa shape index (κ3) is 4.46. The van der Waals surface area contributed by atoms with Crippen molar-refractivity contribution in [1.82, 2.24) is 5.01 Å². The Balaban J connectivity index is 0.000000956. The summed E-state index contributed by atoms with van der Waals surface area (Å²) in [4.78, 5) is 0. The Morgan fingerprint density at radius 2 is 2.10 bits per heavy atom. The predicted molar refractivity (Wildman–Crippen MR) is 85.7 cm³/mol. The molecule has 0 unspecified atom stereocenters. The first-order valence-electron chi connectivity index (χ1n) is 6.86. The summed E-state index contributed by atoms with van der Waals surface area (Å²) in [5.74, 6) is 1.65. The van der Waals surface area contributed by atoms with Crippen molar-refractivity contribution in [2.24, 2.45) is 5.10 Å². The summed E-state index contributed by atoms with van der Waals surface area (Å²) in [6.45, 7) is 8.58. The van der Waals surface area contributed by atoms with E-state index in [2.05, 4.69) is 5.10 Å². The van der Waals surface area contributed by atoms with Gasteiger partial charge >= 0.3 is 0 Å². The molecule has 0 bridgehead atoms. The van der Waals surface area contributed by atoms with Crippen LogP contribution in [-0.2, 0) is 0 Å². The van der Waals surface area contributed by atoms with Crippen LogP contribution in [0.5, 0.6) is 5.75 Å². The van der Waals surface area contributed by atoms with E-state index in [0.29, 0.717) is 6.54 Å². The van der Waals surface area contributed by atoms with E-state index < -0.39 is 0 Å². The lowest BCUT2D eigenvalue weighted by atomic mass is 10.2. The van der Waals surface area contributed by atoms with Gasteiger partial charge in [0.05, 0.1) is 6.54 Å². The maximum atomic E-state index is 5.81. The molecular weight excluding hydrogens is 250 g/mol. The number of nitrogens with zero attached hydrogens (tertiary/aromatic N) is 2. The molecule has 0 amide bonds. The summed E-state index contributed by atoms with van der Waals surface area (Å²) in [6.07, 6.45) is 7.53. The second-order valence-corrected chi connectivity index (χ2v) is 4.04. The van der Waals surface area contributed by atoms with Crippen molar-refractivity contribution in [1.29, 1.82) is 0 Å². The summed E-state index contributed by atoms with van der Waals surface area (Å²) in [6, 6.07) is 5.62. The zero-order valence-electron chi connectivity index (χ0n) is 12.6. The highest BCUT2D eigenvalue weighted by molar-refractivity contribution is 5.53. The molecule has 1 aliphatic heterocycles. The van der Waals surface area contributed by atoms with Crippen molar-refractivity contribution < 1.29 is 4.74 Å². The molecule has 0 radical (unpaired) electrons. The molecule has 0 aliphatic carbocycles. The van der Waals surface area contributed by atoms with Gasteiger partial charge in [-0.15, -0.1) is 0 Å². The van der Waals surface area contributed by atoms with E-state index in [1.54, 1.807) is 6.21 Å². The van der Waals surface area contributed by atoms with E-state index in [-0.39, 0.29) is 0 Å². The molecule has 1 aromatic carbocycles. The van der Waals surface area contributed by atoms with Crippen LogP contribution < -0.4 is 10.5 Å². The van der Waals surface area contributed by atoms with Crippen molar-refractivity contribution in [2.45, 2.75) is 27.7 Å². The Kier molecular flexibility index (Phi) is 6.37. The number of hydrazone groups is 1. The van der Waals surface area contributed by atoms with Crippen LogP contribution in [0.15, 0.2) is 47.4 Å². The Morgan fingerprint density at radius 1 is 1.35 bits per heavy atom. The molecule has 0 spiro atoms. The number of anilines is 1. The fraction of sp³-hybridized carbons (Fsp3) is 0.312. The third-order valence-corrected chi connectivity index (χ3v) is 2.58. The van der Waals surface area contributed by atoms with Gasteiger partial charge in [0.2, 0.25) is 0 Å². The van der Waals surface area contributed by atoms with Gasteiger partial charge in [-0.25, -0.2) is 0 Å². The molecule has 20 heavy (non-hydrogen) atoms. The fourth-order valence-electron chi connectivity index (χ4n) is 1.70. The first kappa shape index (κ1) is 15.8. The maximum Gasteiger partial charge on any atom is 0.130 e. The minimum atomic E-state index is 0.712. The van der Waals surface area contributed by atoms with Crippen LogP contribution in [0.4, 0.5) is 5.69 Å². The number of hydrogen-bond acceptors (Lipinski definition) is 4. The molecule has 1 aliphatic rings. The molecule has 1 aromatic rings. The van der Waals surface area contributed by atoms with Crippen LogP contribution in [0.25, 0.3) is 0 Å². The van der Waals surface area contributed by atoms with Crippen molar-refractivity contribution in [3.05, 3.63) is 47.9 Å². The topological polar surface area (TPSA) is 50.8 Å². The highest BCUT2D eigenvalue weighted by atomic mass is 16.5. The monoisotopic (exact) mass is 273 g/mol. The number of aryl methyl sites for hydroxylation is 1. The minimum absolute atomic E-state index is 0.712. The largest absolute Gasteiger partial charge is 0.457 e. The van der Waals surface area contributed by atoms with E-state index >= 15 is 0 Å². The molecule has 0 atom stereocenters. The van der Waals surface area contributed by atoms with Crippen molar-refractivity contribution >= 4 is 11.9 Å². The van der Waals surface area contributed by atoms with Crippen LogP contribution in [0.1, 0.15) is 26.3 Å². The predicted octanol–water partition coefficient (Wildman–Crippen LogP) is 3.70. The smallest absolute Gasteiger partial charge is 0.130 e. The number of nitrogens with two attached hydrogens (primary N) is 1. The van der Waals surface area contributed by atoms with Gasteiger partial charge in [0.1, 0.15) is 11.5 Å². The molecule has 2 N–H and O–H groups in total. The number of rotatable bonds is 3. The summed E-state index contributed by atoms with van der Waals surface area (Å²) < 4.78 is 5.81. The molecule has 0 aromatic heterocycles. The number of allylic oxidation sites excluding steroid dienone is 1. The molecule has 108 valence electrons. The van der Waals surface area contributed by atoms with Crippen LogP contribution >= 0.6 is 0 Å². The summed E-state index contributed by atoms with van der Waals surface area (Å²) in [5.41, 5.74) is 7.48. The Bertz CT molecular complexity index is 518. The van der Waals surface area contributed by atoms with Gasteiger partial charge in [-0.2, -0.15) is 5.10 Å². The number of ether oxygens (including phenoxy) is 1. The molecule has 0 fully saturated rings. The second-order valence-electron chi connectivity index (χ2n) is 4.04. The molecule has 2 rings (SSSR count). The molecule has 1 heterocycles. The third-order valence-electron chi connectivity index (χ3n) is 2.58. The lowest BCUT2D eigenvalue weighted by molar-refractivity contribution is 0.393. The summed E-state index contributed by atoms with van der Waals surface area (Å²) >= 11 is 0. The second kappa shape index (κ2) is 8.04. The molecule has 4 nitrogen and oxygen atoms in total. The SMILES string of the molecule is C/C=N\N1C=CC(Oc2ccc(N)cc2C)=CC1.CC. The highest BCUT2D eigenvalue weighted by Gasteiger charge is 2.06. The van der Waals surface area contributed by atoms with Gasteiger partial charge < -0.3 is 10.5 Å². The fourth-order valence-corrected chi connectivity index (χ4v) is 1.70. The lowest BCUT2D eigenvalue weighted by Gasteiger charge is -2.18. The lowest BCUT2D eigenvalue weighted by Crippen LogP contribution is -2.14. The van der Waals surface area contributed by atoms with Crippen LogP contribution in [0.2, 0.25) is 0 Å². The van der Waals surface area contributed by atoms with Crippen LogP contribution in [0, 0.1) is 6.92 Å². The van der Waals surface area contributed by atoms with Crippen LogP contribution in [0.3, 0.4) is 0 Å². The zero-order chi connectivity index (χ0) is 15.0. The Labute approximate surface area is 121 Å². The summed E-state index contributed by atoms with van der Waals surface area (Å²) in [7, 11) is 0. The van der Waals surface area contributed by atoms with E-state index in [1.807, 2.05) is 69.3 Å². The highest BCUT2D eigenvalue weighted by Crippen LogP contribution is 2.23. The van der Waals surface area contributed by atoms with Crippen LogP contribution in [-0.4, -0.2) is 17.8 Å². The standard InChI is InChI=1S/C14H17N3O.C2H6/c1-3-16-17-8-6-13(7-9-17)18-14-5-4-12(15)10-11(14)2;1-2/h3-8,10H,9,15H2,1-2H3;1-2H3/b16-3-;.